The lowest BCUT2D eigenvalue weighted by Crippen LogP contribution is -2.32. The van der Waals surface area contributed by atoms with Crippen molar-refractivity contribution in [2.24, 2.45) is 11.7 Å². The highest BCUT2D eigenvalue weighted by atomic mass is 79.9. The molecule has 2 amide bonds. The first-order valence-corrected chi connectivity index (χ1v) is 6.42. The third-order valence-electron chi connectivity index (χ3n) is 3.10. The molecule has 19 heavy (non-hydrogen) atoms. The van der Waals surface area contributed by atoms with E-state index in [2.05, 4.69) is 15.9 Å². The van der Waals surface area contributed by atoms with Crippen molar-refractivity contribution in [1.29, 1.82) is 0 Å². The quantitative estimate of drug-likeness (QED) is 0.895. The molecule has 1 fully saturated rings. The van der Waals surface area contributed by atoms with Gasteiger partial charge in [-0.25, -0.2) is 8.78 Å². The standard InChI is InChI=1S/C12H11BrF2N2O2/c13-7-3-8(14)10(9(15)4-7)12(19)17-2-1-6(5-17)11(16)18/h3-4,6H,1-2,5H2,(H2,16,18). The molecule has 102 valence electrons. The van der Waals surface area contributed by atoms with Crippen LogP contribution >= 0.6 is 15.9 Å². The number of halogens is 3. The molecule has 1 atom stereocenters. The molecule has 0 radical (unpaired) electrons. The van der Waals surface area contributed by atoms with E-state index in [1.54, 1.807) is 0 Å². The predicted molar refractivity (Wildman–Crippen MR) is 67.3 cm³/mol. The number of hydrogen-bond donors (Lipinski definition) is 1. The normalized spacial score (nSPS) is 18.7. The van der Waals surface area contributed by atoms with Crippen LogP contribution in [0.5, 0.6) is 0 Å². The molecule has 2 N–H and O–H groups in total. The summed E-state index contributed by atoms with van der Waals surface area (Å²) in [7, 11) is 0. The lowest BCUT2D eigenvalue weighted by atomic mass is 10.1. The van der Waals surface area contributed by atoms with E-state index in [1.807, 2.05) is 0 Å². The maximum atomic E-state index is 13.7. The number of likely N-dealkylation sites (tertiary alicyclic amines) is 1. The Kier molecular flexibility index (Phi) is 3.84. The van der Waals surface area contributed by atoms with Gasteiger partial charge in [-0.2, -0.15) is 0 Å². The number of hydrogen-bond acceptors (Lipinski definition) is 2. The second-order valence-electron chi connectivity index (χ2n) is 4.38. The van der Waals surface area contributed by atoms with E-state index in [0.29, 0.717) is 6.42 Å². The van der Waals surface area contributed by atoms with Crippen molar-refractivity contribution in [3.8, 4) is 0 Å². The molecule has 0 aliphatic carbocycles. The number of carbonyl (C=O) groups excluding carboxylic acids is 2. The van der Waals surface area contributed by atoms with Crippen LogP contribution in [0.4, 0.5) is 8.78 Å². The van der Waals surface area contributed by atoms with E-state index < -0.39 is 34.9 Å². The predicted octanol–water partition coefficient (Wildman–Crippen LogP) is 1.67. The van der Waals surface area contributed by atoms with Gasteiger partial charge >= 0.3 is 0 Å². The molecule has 2 rings (SSSR count). The molecule has 1 heterocycles. The summed E-state index contributed by atoms with van der Waals surface area (Å²) in [6.45, 7) is 0.366. The molecule has 1 unspecified atom stereocenters. The lowest BCUT2D eigenvalue weighted by Gasteiger charge is -2.17. The van der Waals surface area contributed by atoms with Crippen molar-refractivity contribution in [3.63, 3.8) is 0 Å². The molecule has 0 bridgehead atoms. The summed E-state index contributed by atoms with van der Waals surface area (Å²) in [5.74, 6) is -3.58. The van der Waals surface area contributed by atoms with Crippen LogP contribution in [0.15, 0.2) is 16.6 Å². The van der Waals surface area contributed by atoms with E-state index in [-0.39, 0.29) is 17.6 Å². The summed E-state index contributed by atoms with van der Waals surface area (Å²) in [5.41, 5.74) is 4.54. The Morgan fingerprint density at radius 3 is 2.37 bits per heavy atom. The number of nitrogens with two attached hydrogens (primary N) is 1. The molecular weight excluding hydrogens is 322 g/mol. The van der Waals surface area contributed by atoms with E-state index in [1.165, 1.54) is 4.90 Å². The largest absolute Gasteiger partial charge is 0.369 e. The molecule has 4 nitrogen and oxygen atoms in total. The average molecular weight is 333 g/mol. The van der Waals surface area contributed by atoms with Crippen molar-refractivity contribution < 1.29 is 18.4 Å². The van der Waals surface area contributed by atoms with Gasteiger partial charge in [-0.1, -0.05) is 15.9 Å². The minimum atomic E-state index is -0.931. The molecule has 1 aromatic carbocycles. The summed E-state index contributed by atoms with van der Waals surface area (Å²) in [4.78, 5) is 24.3. The minimum Gasteiger partial charge on any atom is -0.369 e. The number of amides is 2. The molecule has 1 aliphatic heterocycles. The Balaban J connectivity index is 2.24. The van der Waals surface area contributed by atoms with Crippen LogP contribution in [-0.2, 0) is 4.79 Å². The average Bonchev–Trinajstić information content (AvgIpc) is 2.76. The van der Waals surface area contributed by atoms with Crippen molar-refractivity contribution in [1.82, 2.24) is 4.90 Å². The monoisotopic (exact) mass is 332 g/mol. The van der Waals surface area contributed by atoms with Gasteiger partial charge in [0.1, 0.15) is 17.2 Å². The van der Waals surface area contributed by atoms with Gasteiger partial charge in [-0.3, -0.25) is 9.59 Å². The summed E-state index contributed by atoms with van der Waals surface area (Å²) < 4.78 is 27.5. The highest BCUT2D eigenvalue weighted by molar-refractivity contribution is 9.10. The van der Waals surface area contributed by atoms with Crippen LogP contribution < -0.4 is 5.73 Å². The second-order valence-corrected chi connectivity index (χ2v) is 5.30. The van der Waals surface area contributed by atoms with E-state index >= 15 is 0 Å². The fourth-order valence-electron chi connectivity index (χ4n) is 2.08. The minimum absolute atomic E-state index is 0.100. The molecule has 0 spiro atoms. The van der Waals surface area contributed by atoms with Crippen LogP contribution in [-0.4, -0.2) is 29.8 Å². The Hall–Kier alpha value is -1.50. The molecular formula is C12H11BrF2N2O2. The lowest BCUT2D eigenvalue weighted by molar-refractivity contribution is -0.121. The van der Waals surface area contributed by atoms with Gasteiger partial charge in [0.15, 0.2) is 0 Å². The Bertz CT molecular complexity index is 528. The van der Waals surface area contributed by atoms with Crippen molar-refractivity contribution in [3.05, 3.63) is 33.8 Å². The van der Waals surface area contributed by atoms with Gasteiger partial charge in [0, 0.05) is 17.6 Å². The van der Waals surface area contributed by atoms with E-state index in [9.17, 15) is 18.4 Å². The zero-order valence-corrected chi connectivity index (χ0v) is 11.4. The number of nitrogens with zero attached hydrogens (tertiary/aromatic N) is 1. The molecule has 1 aromatic rings. The molecule has 0 saturated carbocycles. The Morgan fingerprint density at radius 1 is 1.32 bits per heavy atom. The number of primary amides is 1. The fourth-order valence-corrected chi connectivity index (χ4v) is 2.48. The highest BCUT2D eigenvalue weighted by Crippen LogP contribution is 2.24. The van der Waals surface area contributed by atoms with E-state index in [0.717, 1.165) is 12.1 Å². The van der Waals surface area contributed by atoms with Crippen molar-refractivity contribution >= 4 is 27.7 Å². The van der Waals surface area contributed by atoms with Crippen molar-refractivity contribution in [2.75, 3.05) is 13.1 Å². The first-order chi connectivity index (χ1) is 8.90. The fraction of sp³-hybridized carbons (Fsp3) is 0.333. The van der Waals surface area contributed by atoms with Gasteiger partial charge in [0.2, 0.25) is 5.91 Å². The van der Waals surface area contributed by atoms with Gasteiger partial charge in [0.05, 0.1) is 5.92 Å². The maximum absolute atomic E-state index is 13.7. The Morgan fingerprint density at radius 2 is 1.89 bits per heavy atom. The third-order valence-corrected chi connectivity index (χ3v) is 3.56. The van der Waals surface area contributed by atoms with Crippen LogP contribution in [0, 0.1) is 17.6 Å². The smallest absolute Gasteiger partial charge is 0.259 e. The van der Waals surface area contributed by atoms with Crippen LogP contribution in [0.25, 0.3) is 0 Å². The summed E-state index contributed by atoms with van der Waals surface area (Å²) in [6, 6.07) is 2.05. The third kappa shape index (κ3) is 2.75. The van der Waals surface area contributed by atoms with Crippen LogP contribution in [0.2, 0.25) is 0 Å². The molecule has 1 saturated heterocycles. The first-order valence-electron chi connectivity index (χ1n) is 5.63. The molecule has 1 aliphatic rings. The summed E-state index contributed by atoms with van der Waals surface area (Å²) in [5, 5.41) is 0. The summed E-state index contributed by atoms with van der Waals surface area (Å²) in [6.07, 6.45) is 0.417. The SMILES string of the molecule is NC(=O)C1CCN(C(=O)c2c(F)cc(Br)cc2F)C1. The summed E-state index contributed by atoms with van der Waals surface area (Å²) >= 11 is 2.94. The Labute approximate surface area is 116 Å². The molecule has 7 heteroatoms. The van der Waals surface area contributed by atoms with Gasteiger partial charge in [-0.15, -0.1) is 0 Å². The van der Waals surface area contributed by atoms with Crippen molar-refractivity contribution in [2.45, 2.75) is 6.42 Å². The van der Waals surface area contributed by atoms with E-state index in [4.69, 9.17) is 5.73 Å². The van der Waals surface area contributed by atoms with Gasteiger partial charge in [-0.05, 0) is 18.6 Å². The van der Waals surface area contributed by atoms with Crippen LogP contribution in [0.3, 0.4) is 0 Å². The van der Waals surface area contributed by atoms with Gasteiger partial charge < -0.3 is 10.6 Å². The first kappa shape index (κ1) is 13.9. The topological polar surface area (TPSA) is 63.4 Å². The second kappa shape index (κ2) is 5.24. The zero-order valence-electron chi connectivity index (χ0n) is 9.83. The number of carbonyl (C=O) groups is 2. The van der Waals surface area contributed by atoms with Gasteiger partial charge in [0.25, 0.3) is 5.91 Å². The van der Waals surface area contributed by atoms with Crippen LogP contribution in [0.1, 0.15) is 16.8 Å². The maximum Gasteiger partial charge on any atom is 0.259 e. The number of rotatable bonds is 2. The highest BCUT2D eigenvalue weighted by Gasteiger charge is 2.32. The molecule has 0 aromatic heterocycles. The number of benzene rings is 1. The zero-order chi connectivity index (χ0) is 14.2.